The molecule has 0 atom stereocenters. The summed E-state index contributed by atoms with van der Waals surface area (Å²) >= 11 is 1.41. The van der Waals surface area contributed by atoms with Gasteiger partial charge in [0.15, 0.2) is 10.9 Å². The summed E-state index contributed by atoms with van der Waals surface area (Å²) in [6, 6.07) is 7.51. The number of nitrogens with one attached hydrogen (secondary N) is 2. The molecule has 1 aliphatic heterocycles. The summed E-state index contributed by atoms with van der Waals surface area (Å²) in [4.78, 5) is 26.5. The standard InChI is InChI=1S/C17H18N6O2S/c1-11(24)21-17-22-16-12(3-2-4-13(16)26-17)25-15-9-14(19-10-20-15)23-7-5-18-6-8-23/h2-4,9-10,18H,5-8H2,1H3,(H,21,22,24). The van der Waals surface area contributed by atoms with Crippen molar-refractivity contribution >= 4 is 38.4 Å². The van der Waals surface area contributed by atoms with Crippen molar-refractivity contribution in [3.8, 4) is 11.6 Å². The Labute approximate surface area is 154 Å². The van der Waals surface area contributed by atoms with Crippen molar-refractivity contribution in [1.82, 2.24) is 20.3 Å². The number of benzene rings is 1. The molecular weight excluding hydrogens is 352 g/mol. The van der Waals surface area contributed by atoms with Crippen LogP contribution >= 0.6 is 11.3 Å². The first-order valence-corrected chi connectivity index (χ1v) is 9.13. The molecule has 2 N–H and O–H groups in total. The zero-order chi connectivity index (χ0) is 17.9. The second kappa shape index (κ2) is 7.22. The zero-order valence-electron chi connectivity index (χ0n) is 14.2. The van der Waals surface area contributed by atoms with Crippen LogP contribution in [0.15, 0.2) is 30.6 Å². The minimum atomic E-state index is -0.150. The summed E-state index contributed by atoms with van der Waals surface area (Å²) in [5, 5.41) is 6.58. The number of fused-ring (bicyclic) bond motifs is 1. The third kappa shape index (κ3) is 3.58. The zero-order valence-corrected chi connectivity index (χ0v) is 15.0. The molecule has 2 aromatic heterocycles. The van der Waals surface area contributed by atoms with Crippen LogP contribution in [0.25, 0.3) is 10.2 Å². The van der Waals surface area contributed by atoms with Crippen molar-refractivity contribution in [2.45, 2.75) is 6.92 Å². The van der Waals surface area contributed by atoms with Gasteiger partial charge in [0.1, 0.15) is 17.7 Å². The number of carbonyl (C=O) groups is 1. The molecule has 26 heavy (non-hydrogen) atoms. The van der Waals surface area contributed by atoms with Gasteiger partial charge >= 0.3 is 0 Å². The van der Waals surface area contributed by atoms with E-state index in [1.165, 1.54) is 24.6 Å². The molecule has 134 valence electrons. The fourth-order valence-corrected chi connectivity index (χ4v) is 3.70. The van der Waals surface area contributed by atoms with Gasteiger partial charge in [0, 0.05) is 39.2 Å². The van der Waals surface area contributed by atoms with E-state index in [1.54, 1.807) is 0 Å². The second-order valence-corrected chi connectivity index (χ2v) is 6.89. The lowest BCUT2D eigenvalue weighted by atomic mass is 10.3. The van der Waals surface area contributed by atoms with E-state index in [4.69, 9.17) is 4.74 Å². The molecule has 0 bridgehead atoms. The van der Waals surface area contributed by atoms with E-state index in [0.29, 0.717) is 22.3 Å². The average molecular weight is 370 g/mol. The average Bonchev–Trinajstić information content (AvgIpc) is 3.05. The maximum absolute atomic E-state index is 11.3. The van der Waals surface area contributed by atoms with Crippen molar-refractivity contribution in [2.24, 2.45) is 0 Å². The highest BCUT2D eigenvalue weighted by Crippen LogP contribution is 2.34. The molecule has 1 saturated heterocycles. The molecule has 0 radical (unpaired) electrons. The van der Waals surface area contributed by atoms with Crippen LogP contribution in [0.4, 0.5) is 10.9 Å². The quantitative estimate of drug-likeness (QED) is 0.728. The number of amides is 1. The molecule has 0 aliphatic carbocycles. The number of hydrogen-bond acceptors (Lipinski definition) is 8. The molecule has 3 heterocycles. The van der Waals surface area contributed by atoms with E-state index in [1.807, 2.05) is 24.3 Å². The Morgan fingerprint density at radius 2 is 2.15 bits per heavy atom. The number of hydrogen-bond donors (Lipinski definition) is 2. The molecular formula is C17H18N6O2S. The highest BCUT2D eigenvalue weighted by molar-refractivity contribution is 7.22. The van der Waals surface area contributed by atoms with E-state index in [9.17, 15) is 4.79 Å². The number of aromatic nitrogens is 3. The fraction of sp³-hybridized carbons (Fsp3) is 0.294. The summed E-state index contributed by atoms with van der Waals surface area (Å²) in [7, 11) is 0. The van der Waals surface area contributed by atoms with E-state index < -0.39 is 0 Å². The second-order valence-electron chi connectivity index (χ2n) is 5.86. The van der Waals surface area contributed by atoms with Gasteiger partial charge in [0.25, 0.3) is 0 Å². The molecule has 3 aromatic rings. The molecule has 1 amide bonds. The molecule has 9 heteroatoms. The number of para-hydroxylation sites is 1. The topological polar surface area (TPSA) is 92.3 Å². The number of thiazole rings is 1. The number of carbonyl (C=O) groups excluding carboxylic acids is 1. The van der Waals surface area contributed by atoms with Crippen LogP contribution in [-0.2, 0) is 4.79 Å². The number of anilines is 2. The van der Waals surface area contributed by atoms with Gasteiger partial charge in [-0.1, -0.05) is 17.4 Å². The third-order valence-corrected chi connectivity index (χ3v) is 4.88. The summed E-state index contributed by atoms with van der Waals surface area (Å²) < 4.78 is 6.91. The summed E-state index contributed by atoms with van der Waals surface area (Å²) in [5.41, 5.74) is 0.698. The molecule has 1 aromatic carbocycles. The number of piperazine rings is 1. The Hall–Kier alpha value is -2.78. The Bertz CT molecular complexity index is 938. The van der Waals surface area contributed by atoms with Gasteiger partial charge in [-0.05, 0) is 12.1 Å². The van der Waals surface area contributed by atoms with Gasteiger partial charge in [-0.2, -0.15) is 0 Å². The van der Waals surface area contributed by atoms with Gasteiger partial charge in [-0.3, -0.25) is 4.79 Å². The van der Waals surface area contributed by atoms with Crippen molar-refractivity contribution in [3.63, 3.8) is 0 Å². The number of nitrogens with zero attached hydrogens (tertiary/aromatic N) is 4. The molecule has 8 nitrogen and oxygen atoms in total. The predicted molar refractivity (Wildman–Crippen MR) is 101 cm³/mol. The lowest BCUT2D eigenvalue weighted by Crippen LogP contribution is -2.43. The first-order valence-electron chi connectivity index (χ1n) is 8.32. The van der Waals surface area contributed by atoms with Gasteiger partial charge in [0.05, 0.1) is 4.70 Å². The molecule has 0 unspecified atom stereocenters. The predicted octanol–water partition coefficient (Wildman–Crippen LogP) is 2.25. The van der Waals surface area contributed by atoms with Gasteiger partial charge in [-0.15, -0.1) is 0 Å². The van der Waals surface area contributed by atoms with Gasteiger partial charge < -0.3 is 20.3 Å². The lowest BCUT2D eigenvalue weighted by Gasteiger charge is -2.28. The SMILES string of the molecule is CC(=O)Nc1nc2c(Oc3cc(N4CCNCC4)ncn3)cccc2s1. The van der Waals surface area contributed by atoms with E-state index >= 15 is 0 Å². The molecule has 4 rings (SSSR count). The molecule has 1 fully saturated rings. The van der Waals surface area contributed by atoms with Crippen molar-refractivity contribution in [3.05, 3.63) is 30.6 Å². The third-order valence-electron chi connectivity index (χ3n) is 3.95. The Kier molecular flexibility index (Phi) is 4.63. The van der Waals surface area contributed by atoms with Gasteiger partial charge in [0.2, 0.25) is 11.8 Å². The highest BCUT2D eigenvalue weighted by atomic mass is 32.1. The first kappa shape index (κ1) is 16.7. The number of ether oxygens (including phenoxy) is 1. The molecule has 1 aliphatic rings. The van der Waals surface area contributed by atoms with E-state index in [0.717, 1.165) is 36.7 Å². The Balaban J connectivity index is 1.60. The van der Waals surface area contributed by atoms with Crippen LogP contribution in [0.3, 0.4) is 0 Å². The van der Waals surface area contributed by atoms with Crippen LogP contribution in [0.5, 0.6) is 11.6 Å². The summed E-state index contributed by atoms with van der Waals surface area (Å²) in [5.74, 6) is 1.76. The minimum absolute atomic E-state index is 0.150. The van der Waals surface area contributed by atoms with Crippen molar-refractivity contribution in [2.75, 3.05) is 36.4 Å². The monoisotopic (exact) mass is 370 g/mol. The maximum atomic E-state index is 11.3. The van der Waals surface area contributed by atoms with Crippen LogP contribution in [0.1, 0.15) is 6.92 Å². The first-order chi connectivity index (χ1) is 12.7. The van der Waals surface area contributed by atoms with Crippen molar-refractivity contribution in [1.29, 1.82) is 0 Å². The minimum Gasteiger partial charge on any atom is -0.437 e. The van der Waals surface area contributed by atoms with Crippen LogP contribution in [0.2, 0.25) is 0 Å². The summed E-state index contributed by atoms with van der Waals surface area (Å²) in [6.45, 7) is 5.13. The summed E-state index contributed by atoms with van der Waals surface area (Å²) in [6.07, 6.45) is 1.51. The van der Waals surface area contributed by atoms with E-state index in [-0.39, 0.29) is 5.91 Å². The fourth-order valence-electron chi connectivity index (χ4n) is 2.77. The largest absolute Gasteiger partial charge is 0.437 e. The maximum Gasteiger partial charge on any atom is 0.224 e. The highest BCUT2D eigenvalue weighted by Gasteiger charge is 2.15. The van der Waals surface area contributed by atoms with E-state index in [2.05, 4.69) is 30.5 Å². The van der Waals surface area contributed by atoms with Gasteiger partial charge in [-0.25, -0.2) is 15.0 Å². The van der Waals surface area contributed by atoms with Crippen molar-refractivity contribution < 1.29 is 9.53 Å². The van der Waals surface area contributed by atoms with Crippen LogP contribution in [-0.4, -0.2) is 47.0 Å². The van der Waals surface area contributed by atoms with Crippen LogP contribution < -0.4 is 20.3 Å². The normalized spacial score (nSPS) is 14.4. The Morgan fingerprint density at radius 1 is 1.31 bits per heavy atom. The molecule has 0 spiro atoms. The number of rotatable bonds is 4. The Morgan fingerprint density at radius 3 is 2.96 bits per heavy atom. The lowest BCUT2D eigenvalue weighted by molar-refractivity contribution is -0.114. The molecule has 0 saturated carbocycles. The van der Waals surface area contributed by atoms with Crippen LogP contribution in [0, 0.1) is 0 Å². The smallest absolute Gasteiger partial charge is 0.224 e.